The third kappa shape index (κ3) is 2.33. The van der Waals surface area contributed by atoms with Gasteiger partial charge in [-0.25, -0.2) is 4.98 Å². The first-order chi connectivity index (χ1) is 7.56. The minimum absolute atomic E-state index is 0.0392. The molecule has 2 aromatic rings. The maximum absolute atomic E-state index is 11.1. The van der Waals surface area contributed by atoms with Crippen LogP contribution in [0.2, 0.25) is 5.02 Å². The van der Waals surface area contributed by atoms with Gasteiger partial charge in [0.15, 0.2) is 0 Å². The summed E-state index contributed by atoms with van der Waals surface area (Å²) in [6, 6.07) is 5.61. The van der Waals surface area contributed by atoms with Crippen molar-refractivity contribution in [3.05, 3.63) is 28.2 Å². The van der Waals surface area contributed by atoms with E-state index in [0.717, 1.165) is 15.2 Å². The van der Waals surface area contributed by atoms with Gasteiger partial charge in [0, 0.05) is 19.0 Å². The molecular formula is C11H11ClN2OS. The van der Waals surface area contributed by atoms with E-state index in [1.54, 1.807) is 30.2 Å². The van der Waals surface area contributed by atoms with Gasteiger partial charge in [0.25, 0.3) is 0 Å². The summed E-state index contributed by atoms with van der Waals surface area (Å²) in [5.74, 6) is 0.0392. The molecule has 84 valence electrons. The van der Waals surface area contributed by atoms with Gasteiger partial charge in [0.2, 0.25) is 5.91 Å². The van der Waals surface area contributed by atoms with Crippen LogP contribution in [-0.4, -0.2) is 22.8 Å². The van der Waals surface area contributed by atoms with Gasteiger partial charge in [-0.15, -0.1) is 11.3 Å². The van der Waals surface area contributed by atoms with Crippen LogP contribution in [0.4, 0.5) is 0 Å². The molecule has 1 aromatic heterocycles. The molecule has 0 spiro atoms. The van der Waals surface area contributed by atoms with Gasteiger partial charge < -0.3 is 4.90 Å². The van der Waals surface area contributed by atoms with Crippen molar-refractivity contribution in [2.45, 2.75) is 13.5 Å². The Kier molecular flexibility index (Phi) is 3.12. The van der Waals surface area contributed by atoms with E-state index in [9.17, 15) is 4.79 Å². The molecule has 0 N–H and O–H groups in total. The quantitative estimate of drug-likeness (QED) is 0.826. The molecule has 0 unspecified atom stereocenters. The van der Waals surface area contributed by atoms with E-state index in [4.69, 9.17) is 11.6 Å². The Labute approximate surface area is 103 Å². The van der Waals surface area contributed by atoms with Gasteiger partial charge in [-0.05, 0) is 18.2 Å². The third-order valence-electron chi connectivity index (χ3n) is 2.30. The molecule has 0 fully saturated rings. The second kappa shape index (κ2) is 4.39. The maximum atomic E-state index is 11.1. The lowest BCUT2D eigenvalue weighted by Gasteiger charge is -2.11. The number of carbonyl (C=O) groups excluding carboxylic acids is 1. The van der Waals surface area contributed by atoms with Gasteiger partial charge in [-0.3, -0.25) is 4.79 Å². The number of carbonyl (C=O) groups is 1. The third-order valence-corrected chi connectivity index (χ3v) is 3.54. The first kappa shape index (κ1) is 11.4. The lowest BCUT2D eigenvalue weighted by atomic mass is 10.3. The SMILES string of the molecule is CC(=O)N(C)Cc1nc2ccc(Cl)cc2s1. The molecule has 1 aromatic carbocycles. The van der Waals surface area contributed by atoms with Gasteiger partial charge in [0.05, 0.1) is 16.8 Å². The van der Waals surface area contributed by atoms with Crippen LogP contribution in [0, 0.1) is 0 Å². The number of aromatic nitrogens is 1. The van der Waals surface area contributed by atoms with E-state index in [0.29, 0.717) is 11.6 Å². The van der Waals surface area contributed by atoms with Crippen molar-refractivity contribution < 1.29 is 4.79 Å². The topological polar surface area (TPSA) is 33.2 Å². The molecule has 0 saturated heterocycles. The standard InChI is InChI=1S/C11H11ClN2OS/c1-7(15)14(2)6-11-13-9-4-3-8(12)5-10(9)16-11/h3-5H,6H2,1-2H3. The van der Waals surface area contributed by atoms with Crippen molar-refractivity contribution >= 4 is 39.1 Å². The molecular weight excluding hydrogens is 244 g/mol. The highest BCUT2D eigenvalue weighted by molar-refractivity contribution is 7.18. The molecule has 5 heteroatoms. The van der Waals surface area contributed by atoms with Crippen molar-refractivity contribution in [3.63, 3.8) is 0 Å². The average Bonchev–Trinajstić information content (AvgIpc) is 2.58. The van der Waals surface area contributed by atoms with Crippen molar-refractivity contribution in [3.8, 4) is 0 Å². The number of benzene rings is 1. The molecule has 2 rings (SSSR count). The summed E-state index contributed by atoms with van der Waals surface area (Å²) < 4.78 is 1.06. The Morgan fingerprint density at radius 3 is 3.00 bits per heavy atom. The number of fused-ring (bicyclic) bond motifs is 1. The molecule has 16 heavy (non-hydrogen) atoms. The van der Waals surface area contributed by atoms with Crippen LogP contribution in [0.5, 0.6) is 0 Å². The lowest BCUT2D eigenvalue weighted by Crippen LogP contribution is -2.22. The van der Waals surface area contributed by atoms with Crippen molar-refractivity contribution in [2.75, 3.05) is 7.05 Å². The highest BCUT2D eigenvalue weighted by atomic mass is 35.5. The summed E-state index contributed by atoms with van der Waals surface area (Å²) in [6.07, 6.45) is 0. The van der Waals surface area contributed by atoms with Crippen LogP contribution in [-0.2, 0) is 11.3 Å². The minimum atomic E-state index is 0.0392. The minimum Gasteiger partial charge on any atom is -0.339 e. The number of hydrogen-bond donors (Lipinski definition) is 0. The highest BCUT2D eigenvalue weighted by Gasteiger charge is 2.08. The van der Waals surface area contributed by atoms with Crippen LogP contribution in [0.1, 0.15) is 11.9 Å². The molecule has 0 aliphatic rings. The molecule has 3 nitrogen and oxygen atoms in total. The van der Waals surface area contributed by atoms with Gasteiger partial charge >= 0.3 is 0 Å². The second-order valence-corrected chi connectivity index (χ2v) is 5.15. The van der Waals surface area contributed by atoms with E-state index >= 15 is 0 Å². The normalized spacial score (nSPS) is 10.7. The highest BCUT2D eigenvalue weighted by Crippen LogP contribution is 2.25. The molecule has 0 radical (unpaired) electrons. The first-order valence-electron chi connectivity index (χ1n) is 4.83. The fraction of sp³-hybridized carbons (Fsp3) is 0.273. The molecule has 0 saturated carbocycles. The fourth-order valence-corrected chi connectivity index (χ4v) is 2.63. The molecule has 0 bridgehead atoms. The number of halogens is 1. The summed E-state index contributed by atoms with van der Waals surface area (Å²) in [5.41, 5.74) is 0.932. The zero-order valence-electron chi connectivity index (χ0n) is 9.03. The largest absolute Gasteiger partial charge is 0.339 e. The molecule has 0 atom stereocenters. The Bertz CT molecular complexity index is 538. The zero-order chi connectivity index (χ0) is 11.7. The lowest BCUT2D eigenvalue weighted by molar-refractivity contribution is -0.128. The number of thiazole rings is 1. The average molecular weight is 255 g/mol. The summed E-state index contributed by atoms with van der Waals surface area (Å²) >= 11 is 7.47. The van der Waals surface area contributed by atoms with Crippen LogP contribution in [0.15, 0.2) is 18.2 Å². The van der Waals surface area contributed by atoms with Crippen LogP contribution in [0.3, 0.4) is 0 Å². The molecule has 0 aliphatic carbocycles. The van der Waals surface area contributed by atoms with E-state index in [1.807, 2.05) is 18.2 Å². The second-order valence-electron chi connectivity index (χ2n) is 3.59. The smallest absolute Gasteiger partial charge is 0.219 e. The Morgan fingerprint density at radius 1 is 1.56 bits per heavy atom. The maximum Gasteiger partial charge on any atom is 0.219 e. The number of nitrogens with zero attached hydrogens (tertiary/aromatic N) is 2. The monoisotopic (exact) mass is 254 g/mol. The summed E-state index contributed by atoms with van der Waals surface area (Å²) in [7, 11) is 1.77. The van der Waals surface area contributed by atoms with Crippen molar-refractivity contribution in [2.24, 2.45) is 0 Å². The van der Waals surface area contributed by atoms with E-state index < -0.39 is 0 Å². The summed E-state index contributed by atoms with van der Waals surface area (Å²) in [4.78, 5) is 17.2. The Balaban J connectivity index is 2.29. The number of rotatable bonds is 2. The predicted molar refractivity (Wildman–Crippen MR) is 66.8 cm³/mol. The first-order valence-corrected chi connectivity index (χ1v) is 6.02. The van der Waals surface area contributed by atoms with Gasteiger partial charge in [-0.2, -0.15) is 0 Å². The van der Waals surface area contributed by atoms with E-state index in [-0.39, 0.29) is 5.91 Å². The van der Waals surface area contributed by atoms with Crippen LogP contribution >= 0.6 is 22.9 Å². The van der Waals surface area contributed by atoms with Crippen molar-refractivity contribution in [1.29, 1.82) is 0 Å². The molecule has 0 aliphatic heterocycles. The Morgan fingerprint density at radius 2 is 2.31 bits per heavy atom. The number of amides is 1. The number of hydrogen-bond acceptors (Lipinski definition) is 3. The van der Waals surface area contributed by atoms with Gasteiger partial charge in [0.1, 0.15) is 5.01 Å². The molecule has 1 amide bonds. The molecule has 1 heterocycles. The predicted octanol–water partition coefficient (Wildman–Crippen LogP) is 2.93. The zero-order valence-corrected chi connectivity index (χ0v) is 10.6. The van der Waals surface area contributed by atoms with Crippen LogP contribution in [0.25, 0.3) is 10.2 Å². The van der Waals surface area contributed by atoms with Crippen molar-refractivity contribution in [1.82, 2.24) is 9.88 Å². The van der Waals surface area contributed by atoms with Crippen LogP contribution < -0.4 is 0 Å². The summed E-state index contributed by atoms with van der Waals surface area (Å²) in [5, 5.41) is 1.64. The van der Waals surface area contributed by atoms with E-state index in [1.165, 1.54) is 0 Å². The van der Waals surface area contributed by atoms with Gasteiger partial charge in [-0.1, -0.05) is 11.6 Å². The fourth-order valence-electron chi connectivity index (χ4n) is 1.33. The Hall–Kier alpha value is -1.13. The van der Waals surface area contributed by atoms with E-state index in [2.05, 4.69) is 4.98 Å². The summed E-state index contributed by atoms with van der Waals surface area (Å²) in [6.45, 7) is 2.09.